The van der Waals surface area contributed by atoms with E-state index in [2.05, 4.69) is 40.0 Å². The molecule has 132 valence electrons. The van der Waals surface area contributed by atoms with E-state index in [4.69, 9.17) is 0 Å². The molecule has 1 atom stereocenters. The molecule has 2 aromatic carbocycles. The Bertz CT molecular complexity index is 713. The van der Waals surface area contributed by atoms with Crippen LogP contribution in [0.5, 0.6) is 0 Å². The molecular weight excluding hydrogens is 312 g/mol. The summed E-state index contributed by atoms with van der Waals surface area (Å²) in [5.74, 6) is 0.665. The van der Waals surface area contributed by atoms with Crippen molar-refractivity contribution in [1.29, 1.82) is 0 Å². The minimum absolute atomic E-state index is 0.0893. The van der Waals surface area contributed by atoms with Crippen molar-refractivity contribution in [2.24, 2.45) is 4.99 Å². The van der Waals surface area contributed by atoms with E-state index in [1.165, 1.54) is 5.56 Å². The van der Waals surface area contributed by atoms with E-state index in [-0.39, 0.29) is 11.9 Å². The molecule has 0 bridgehead atoms. The number of hydrogen-bond acceptors (Lipinski definition) is 2. The molecule has 2 aromatic rings. The summed E-state index contributed by atoms with van der Waals surface area (Å²) < 4.78 is 0. The number of nitrogens with zero attached hydrogens (tertiary/aromatic N) is 1. The third kappa shape index (κ3) is 5.64. The Morgan fingerprint density at radius 2 is 1.88 bits per heavy atom. The van der Waals surface area contributed by atoms with E-state index < -0.39 is 0 Å². The molecule has 0 heterocycles. The second-order valence-corrected chi connectivity index (χ2v) is 5.75. The Labute approximate surface area is 149 Å². The summed E-state index contributed by atoms with van der Waals surface area (Å²) in [4.78, 5) is 16.4. The highest BCUT2D eigenvalue weighted by Gasteiger charge is 2.07. The zero-order valence-electron chi connectivity index (χ0n) is 15.0. The number of guanidine groups is 1. The van der Waals surface area contributed by atoms with Crippen LogP contribution in [0, 0.1) is 0 Å². The summed E-state index contributed by atoms with van der Waals surface area (Å²) in [7, 11) is 1.63. The number of nitrogens with one attached hydrogen (secondary N) is 3. The van der Waals surface area contributed by atoms with Gasteiger partial charge in [0.25, 0.3) is 5.91 Å². The minimum Gasteiger partial charge on any atom is -0.357 e. The van der Waals surface area contributed by atoms with Crippen molar-refractivity contribution >= 4 is 11.9 Å². The van der Waals surface area contributed by atoms with E-state index in [0.717, 1.165) is 18.1 Å². The van der Waals surface area contributed by atoms with Crippen molar-refractivity contribution in [3.8, 4) is 0 Å². The van der Waals surface area contributed by atoms with Gasteiger partial charge in [0.15, 0.2) is 5.96 Å². The maximum absolute atomic E-state index is 11.7. The van der Waals surface area contributed by atoms with Gasteiger partial charge in [-0.15, -0.1) is 0 Å². The first-order chi connectivity index (χ1) is 12.1. The monoisotopic (exact) mass is 338 g/mol. The van der Waals surface area contributed by atoms with Gasteiger partial charge in [0.2, 0.25) is 0 Å². The van der Waals surface area contributed by atoms with Crippen molar-refractivity contribution in [2.45, 2.75) is 26.4 Å². The molecule has 5 nitrogen and oxygen atoms in total. The number of carbonyl (C=O) groups excluding carboxylic acids is 1. The molecule has 1 unspecified atom stereocenters. The largest absolute Gasteiger partial charge is 0.357 e. The molecule has 0 aliphatic rings. The lowest BCUT2D eigenvalue weighted by Gasteiger charge is -2.18. The van der Waals surface area contributed by atoms with Crippen LogP contribution in [0.15, 0.2) is 59.6 Å². The predicted molar refractivity (Wildman–Crippen MR) is 103 cm³/mol. The highest BCUT2D eigenvalue weighted by atomic mass is 16.1. The van der Waals surface area contributed by atoms with E-state index in [9.17, 15) is 4.79 Å². The molecule has 2 rings (SSSR count). The fraction of sp³-hybridized carbons (Fsp3) is 0.300. The van der Waals surface area contributed by atoms with Crippen LogP contribution in [0.25, 0.3) is 0 Å². The smallest absolute Gasteiger partial charge is 0.251 e. The Morgan fingerprint density at radius 3 is 2.56 bits per heavy atom. The molecule has 5 heteroatoms. The molecular formula is C20H26N4O. The fourth-order valence-electron chi connectivity index (χ4n) is 2.48. The normalized spacial score (nSPS) is 12.4. The predicted octanol–water partition coefficient (Wildman–Crippen LogP) is 2.86. The number of hydrogen-bond donors (Lipinski definition) is 3. The van der Waals surface area contributed by atoms with Crippen LogP contribution in [0.2, 0.25) is 0 Å². The Kier molecular flexibility index (Phi) is 7.01. The quantitative estimate of drug-likeness (QED) is 0.560. The zero-order chi connectivity index (χ0) is 18.1. The van der Waals surface area contributed by atoms with Crippen molar-refractivity contribution in [2.75, 3.05) is 13.6 Å². The fourth-order valence-corrected chi connectivity index (χ4v) is 2.48. The highest BCUT2D eigenvalue weighted by molar-refractivity contribution is 5.94. The van der Waals surface area contributed by atoms with Crippen LogP contribution in [-0.4, -0.2) is 25.5 Å². The van der Waals surface area contributed by atoms with Crippen molar-refractivity contribution in [3.05, 3.63) is 71.3 Å². The summed E-state index contributed by atoms with van der Waals surface area (Å²) in [5.41, 5.74) is 2.84. The van der Waals surface area contributed by atoms with Crippen LogP contribution in [-0.2, 0) is 6.54 Å². The lowest BCUT2D eigenvalue weighted by molar-refractivity contribution is 0.0963. The van der Waals surface area contributed by atoms with Crippen LogP contribution < -0.4 is 16.0 Å². The average Bonchev–Trinajstić information content (AvgIpc) is 2.66. The lowest BCUT2D eigenvalue weighted by Crippen LogP contribution is -2.38. The Balaban J connectivity index is 2.08. The standard InChI is InChI=1S/C20H26N4O/c1-4-22-20(24-15(2)17-10-6-5-7-11-17)23-14-16-9-8-12-18(13-16)19(25)21-3/h5-13,15H,4,14H2,1-3H3,(H,21,25)(H2,22,23,24). The molecule has 0 fully saturated rings. The van der Waals surface area contributed by atoms with Gasteiger partial charge in [0, 0.05) is 19.2 Å². The maximum Gasteiger partial charge on any atom is 0.251 e. The van der Waals surface area contributed by atoms with E-state index in [1.54, 1.807) is 13.1 Å². The van der Waals surface area contributed by atoms with Crippen molar-refractivity contribution in [1.82, 2.24) is 16.0 Å². The van der Waals surface area contributed by atoms with Gasteiger partial charge < -0.3 is 16.0 Å². The van der Waals surface area contributed by atoms with E-state index in [0.29, 0.717) is 12.1 Å². The topological polar surface area (TPSA) is 65.5 Å². The number of rotatable bonds is 6. The summed E-state index contributed by atoms with van der Waals surface area (Å²) in [6.07, 6.45) is 0. The first-order valence-corrected chi connectivity index (χ1v) is 8.54. The molecule has 0 radical (unpaired) electrons. The van der Waals surface area contributed by atoms with E-state index in [1.807, 2.05) is 43.3 Å². The van der Waals surface area contributed by atoms with Gasteiger partial charge in [0.1, 0.15) is 0 Å². The van der Waals surface area contributed by atoms with Gasteiger partial charge in [0.05, 0.1) is 12.6 Å². The van der Waals surface area contributed by atoms with Gasteiger partial charge in [-0.05, 0) is 37.1 Å². The molecule has 25 heavy (non-hydrogen) atoms. The number of aliphatic imine (C=N–C) groups is 1. The third-order valence-corrected chi connectivity index (χ3v) is 3.83. The molecule has 1 amide bonds. The Hall–Kier alpha value is -2.82. The molecule has 0 spiro atoms. The van der Waals surface area contributed by atoms with Crippen LogP contribution in [0.4, 0.5) is 0 Å². The number of amides is 1. The zero-order valence-corrected chi connectivity index (χ0v) is 15.0. The van der Waals surface area contributed by atoms with Gasteiger partial charge in [-0.3, -0.25) is 4.79 Å². The van der Waals surface area contributed by atoms with Crippen LogP contribution in [0.3, 0.4) is 0 Å². The third-order valence-electron chi connectivity index (χ3n) is 3.83. The second-order valence-electron chi connectivity index (χ2n) is 5.75. The highest BCUT2D eigenvalue weighted by Crippen LogP contribution is 2.11. The van der Waals surface area contributed by atoms with Gasteiger partial charge in [-0.1, -0.05) is 42.5 Å². The number of carbonyl (C=O) groups is 1. The molecule has 3 N–H and O–H groups in total. The first kappa shape index (κ1) is 18.5. The second kappa shape index (κ2) is 9.47. The summed E-state index contributed by atoms with van der Waals surface area (Å²) in [6, 6.07) is 17.9. The average molecular weight is 338 g/mol. The molecule has 0 saturated heterocycles. The summed E-state index contributed by atoms with van der Waals surface area (Å²) in [5, 5.41) is 9.31. The van der Waals surface area contributed by atoms with Crippen molar-refractivity contribution < 1.29 is 4.79 Å². The first-order valence-electron chi connectivity index (χ1n) is 8.54. The summed E-state index contributed by atoms with van der Waals surface area (Å²) >= 11 is 0. The van der Waals surface area contributed by atoms with Crippen LogP contribution in [0.1, 0.15) is 41.4 Å². The summed E-state index contributed by atoms with van der Waals surface area (Å²) in [6.45, 7) is 5.43. The van der Waals surface area contributed by atoms with Gasteiger partial charge in [-0.25, -0.2) is 4.99 Å². The molecule has 0 aliphatic heterocycles. The van der Waals surface area contributed by atoms with Crippen molar-refractivity contribution in [3.63, 3.8) is 0 Å². The lowest BCUT2D eigenvalue weighted by atomic mass is 10.1. The molecule has 0 saturated carbocycles. The van der Waals surface area contributed by atoms with Gasteiger partial charge >= 0.3 is 0 Å². The molecule has 0 aromatic heterocycles. The SMILES string of the molecule is CCNC(=NCc1cccc(C(=O)NC)c1)NC(C)c1ccccc1. The maximum atomic E-state index is 11.7. The molecule has 0 aliphatic carbocycles. The van der Waals surface area contributed by atoms with E-state index >= 15 is 0 Å². The van der Waals surface area contributed by atoms with Gasteiger partial charge in [-0.2, -0.15) is 0 Å². The number of benzene rings is 2. The Morgan fingerprint density at radius 1 is 1.12 bits per heavy atom. The van der Waals surface area contributed by atoms with Crippen LogP contribution >= 0.6 is 0 Å². The minimum atomic E-state index is -0.0893.